The molecule has 0 bridgehead atoms. The molecule has 2 aromatic rings. The number of primary amides is 1. The number of rotatable bonds is 3. The number of methoxy groups -OCH3 is 1. The van der Waals surface area contributed by atoms with Crippen LogP contribution in [0.15, 0.2) is 24.3 Å². The number of nitrogens with zero attached hydrogens (tertiary/aromatic N) is 2. The minimum Gasteiger partial charge on any atom is -0.497 e. The van der Waals surface area contributed by atoms with Gasteiger partial charge in [0.1, 0.15) is 23.1 Å². The maximum Gasteiger partial charge on any atom is 0.267 e. The van der Waals surface area contributed by atoms with Gasteiger partial charge in [0.2, 0.25) is 5.60 Å². The first-order valence-corrected chi connectivity index (χ1v) is 8.51. The average Bonchev–Trinajstić information content (AvgIpc) is 2.94. The molecule has 3 N–H and O–H groups in total. The van der Waals surface area contributed by atoms with Gasteiger partial charge >= 0.3 is 0 Å². The van der Waals surface area contributed by atoms with Gasteiger partial charge in [-0.25, -0.2) is 13.8 Å². The number of hydrogen-bond donors (Lipinski definition) is 2. The molecule has 150 valence electrons. The average molecular weight is 401 g/mol. The molecule has 1 fully saturated rings. The van der Waals surface area contributed by atoms with Crippen molar-refractivity contribution >= 4 is 11.8 Å². The summed E-state index contributed by atoms with van der Waals surface area (Å²) in [5, 5.41) is 10.3. The summed E-state index contributed by atoms with van der Waals surface area (Å²) in [6, 6.07) is 4.32. The van der Waals surface area contributed by atoms with E-state index in [2.05, 4.69) is 16.8 Å². The molecular formula is C20H17F2N3O4. The minimum atomic E-state index is -1.93. The van der Waals surface area contributed by atoms with Crippen molar-refractivity contribution in [3.8, 4) is 28.8 Å². The van der Waals surface area contributed by atoms with E-state index >= 15 is 0 Å². The van der Waals surface area contributed by atoms with E-state index in [0.29, 0.717) is 12.6 Å². The summed E-state index contributed by atoms with van der Waals surface area (Å²) in [4.78, 5) is 28.8. The predicted octanol–water partition coefficient (Wildman–Crippen LogP) is 1.08. The molecule has 7 nitrogen and oxygen atoms in total. The van der Waals surface area contributed by atoms with E-state index in [1.807, 2.05) is 0 Å². The number of halogens is 2. The fraction of sp³-hybridized carbons (Fsp3) is 0.250. The van der Waals surface area contributed by atoms with Crippen LogP contribution in [0, 0.1) is 23.5 Å². The van der Waals surface area contributed by atoms with Crippen LogP contribution in [0.4, 0.5) is 8.78 Å². The van der Waals surface area contributed by atoms with Gasteiger partial charge in [-0.1, -0.05) is 11.8 Å². The first-order chi connectivity index (χ1) is 13.6. The van der Waals surface area contributed by atoms with E-state index in [1.165, 1.54) is 31.2 Å². The Hall–Kier alpha value is -3.51. The Morgan fingerprint density at radius 3 is 2.62 bits per heavy atom. The molecule has 1 saturated heterocycles. The fourth-order valence-electron chi connectivity index (χ4n) is 2.87. The van der Waals surface area contributed by atoms with Crippen LogP contribution in [-0.4, -0.2) is 53.1 Å². The lowest BCUT2D eigenvalue weighted by Gasteiger charge is -2.13. The molecule has 1 unspecified atom stereocenters. The molecule has 0 aliphatic carbocycles. The van der Waals surface area contributed by atoms with E-state index < -0.39 is 29.0 Å². The topological polar surface area (TPSA) is 106 Å². The van der Waals surface area contributed by atoms with Gasteiger partial charge in [0.05, 0.1) is 18.4 Å². The highest BCUT2D eigenvalue weighted by Gasteiger charge is 2.42. The highest BCUT2D eigenvalue weighted by Crippen LogP contribution is 2.28. The van der Waals surface area contributed by atoms with Crippen LogP contribution < -0.4 is 10.5 Å². The number of likely N-dealkylation sites (tertiary alicyclic amines) is 1. The molecule has 9 heteroatoms. The van der Waals surface area contributed by atoms with Gasteiger partial charge in [-0.15, -0.1) is 0 Å². The van der Waals surface area contributed by atoms with Gasteiger partial charge < -0.3 is 20.5 Å². The summed E-state index contributed by atoms with van der Waals surface area (Å²) < 4.78 is 33.7. The quantitative estimate of drug-likeness (QED) is 0.749. The molecule has 0 saturated carbocycles. The van der Waals surface area contributed by atoms with Crippen molar-refractivity contribution < 1.29 is 28.2 Å². The summed E-state index contributed by atoms with van der Waals surface area (Å²) in [6.07, 6.45) is 0.0738. The molecule has 3 rings (SSSR count). The number of hydrogen-bond acceptors (Lipinski definition) is 5. The number of carbonyl (C=O) groups is 2. The Balaban J connectivity index is 2.09. The second-order valence-electron chi connectivity index (χ2n) is 6.54. The van der Waals surface area contributed by atoms with Crippen molar-refractivity contribution in [2.24, 2.45) is 5.73 Å². The first kappa shape index (κ1) is 20.2. The van der Waals surface area contributed by atoms with Crippen molar-refractivity contribution in [3.05, 3.63) is 47.2 Å². The highest BCUT2D eigenvalue weighted by molar-refractivity contribution is 5.92. The maximum absolute atomic E-state index is 14.4. The Kier molecular flexibility index (Phi) is 5.22. The Morgan fingerprint density at radius 2 is 2.03 bits per heavy atom. The molecule has 1 aromatic heterocycles. The fourth-order valence-corrected chi connectivity index (χ4v) is 2.87. The van der Waals surface area contributed by atoms with Crippen LogP contribution in [0.3, 0.4) is 0 Å². The third-order valence-corrected chi connectivity index (χ3v) is 4.53. The number of likely N-dealkylation sites (N-methyl/N-ethyl adjacent to an activating group) is 1. The number of ether oxygens (including phenoxy) is 1. The summed E-state index contributed by atoms with van der Waals surface area (Å²) in [6.45, 7) is 0.310. The zero-order valence-electron chi connectivity index (χ0n) is 15.6. The smallest absolute Gasteiger partial charge is 0.267 e. The number of aliphatic hydroxyl groups is 1. The van der Waals surface area contributed by atoms with E-state index in [0.717, 1.165) is 6.07 Å². The third-order valence-electron chi connectivity index (χ3n) is 4.53. The van der Waals surface area contributed by atoms with E-state index in [-0.39, 0.29) is 34.7 Å². The molecular weight excluding hydrogens is 384 g/mol. The first-order valence-electron chi connectivity index (χ1n) is 8.51. The van der Waals surface area contributed by atoms with E-state index in [1.54, 1.807) is 0 Å². The molecule has 1 aliphatic rings. The van der Waals surface area contributed by atoms with Crippen molar-refractivity contribution in [1.29, 1.82) is 0 Å². The van der Waals surface area contributed by atoms with Crippen LogP contribution in [0.2, 0.25) is 0 Å². The largest absolute Gasteiger partial charge is 0.497 e. The number of amides is 2. The van der Waals surface area contributed by atoms with Crippen LogP contribution in [-0.2, 0) is 4.79 Å². The monoisotopic (exact) mass is 401 g/mol. The molecule has 2 heterocycles. The number of aromatic nitrogens is 1. The molecule has 0 spiro atoms. The lowest BCUT2D eigenvalue weighted by molar-refractivity contribution is -0.137. The molecule has 1 aromatic carbocycles. The van der Waals surface area contributed by atoms with Gasteiger partial charge in [-0.05, 0) is 6.07 Å². The van der Waals surface area contributed by atoms with Crippen molar-refractivity contribution in [2.75, 3.05) is 20.7 Å². The zero-order chi connectivity index (χ0) is 21.3. The van der Waals surface area contributed by atoms with Crippen LogP contribution in [0.1, 0.15) is 22.5 Å². The van der Waals surface area contributed by atoms with Crippen LogP contribution in [0.5, 0.6) is 5.75 Å². The number of benzene rings is 1. The van der Waals surface area contributed by atoms with Gasteiger partial charge in [0, 0.05) is 43.8 Å². The maximum atomic E-state index is 14.4. The number of nitrogens with two attached hydrogens (primary N) is 1. The zero-order valence-corrected chi connectivity index (χ0v) is 15.6. The molecule has 1 aliphatic heterocycles. The van der Waals surface area contributed by atoms with Crippen LogP contribution >= 0.6 is 0 Å². The van der Waals surface area contributed by atoms with Crippen molar-refractivity contribution in [1.82, 2.24) is 9.88 Å². The second kappa shape index (κ2) is 7.48. The normalized spacial score (nSPS) is 18.4. The van der Waals surface area contributed by atoms with Gasteiger partial charge in [0.25, 0.3) is 11.8 Å². The lowest BCUT2D eigenvalue weighted by Crippen LogP contribution is -2.37. The van der Waals surface area contributed by atoms with Gasteiger partial charge in [0.15, 0.2) is 0 Å². The van der Waals surface area contributed by atoms with Gasteiger partial charge in [-0.3, -0.25) is 9.59 Å². The number of pyridine rings is 1. The van der Waals surface area contributed by atoms with Crippen molar-refractivity contribution in [2.45, 2.75) is 12.0 Å². The van der Waals surface area contributed by atoms with E-state index in [4.69, 9.17) is 10.5 Å². The van der Waals surface area contributed by atoms with Crippen LogP contribution in [0.25, 0.3) is 11.3 Å². The SMILES string of the molecule is COc1cc(C(N)=O)nc(-c2cc(C#CC3(O)CCN(C)C3=O)c(F)cc2F)c1. The summed E-state index contributed by atoms with van der Waals surface area (Å²) in [5.74, 6) is 1.64. The Morgan fingerprint density at radius 1 is 1.31 bits per heavy atom. The Labute approximate surface area is 165 Å². The van der Waals surface area contributed by atoms with E-state index in [9.17, 15) is 23.5 Å². The van der Waals surface area contributed by atoms with Gasteiger partial charge in [-0.2, -0.15) is 0 Å². The summed E-state index contributed by atoms with van der Waals surface area (Å²) in [7, 11) is 2.86. The summed E-state index contributed by atoms with van der Waals surface area (Å²) >= 11 is 0. The Bertz CT molecular complexity index is 1080. The van der Waals surface area contributed by atoms with Crippen molar-refractivity contribution in [3.63, 3.8) is 0 Å². The second-order valence-corrected chi connectivity index (χ2v) is 6.54. The predicted molar refractivity (Wildman–Crippen MR) is 98.7 cm³/mol. The summed E-state index contributed by atoms with van der Waals surface area (Å²) in [5.41, 5.74) is 2.73. The molecule has 1 atom stereocenters. The lowest BCUT2D eigenvalue weighted by atomic mass is 10.0. The standard InChI is InChI=1S/C20H17F2N3O4/c1-25-6-5-20(28,19(25)27)4-3-11-7-13(15(22)10-14(11)21)16-8-12(29-2)9-17(24-16)18(23)26/h7-10,28H,5-6H2,1-2H3,(H2,23,26). The number of carbonyl (C=O) groups excluding carboxylic acids is 2. The molecule has 0 radical (unpaired) electrons. The molecule has 29 heavy (non-hydrogen) atoms. The minimum absolute atomic E-state index is 0.0194. The highest BCUT2D eigenvalue weighted by atomic mass is 19.1. The molecule has 2 amide bonds. The third kappa shape index (κ3) is 3.88.